The van der Waals surface area contributed by atoms with Crippen molar-refractivity contribution >= 4 is 28.9 Å². The van der Waals surface area contributed by atoms with Gasteiger partial charge < -0.3 is 15.5 Å². The van der Waals surface area contributed by atoms with Gasteiger partial charge in [-0.25, -0.2) is 8.78 Å². The second kappa shape index (κ2) is 11.6. The molecule has 2 N–H and O–H groups in total. The van der Waals surface area contributed by atoms with Crippen molar-refractivity contribution in [3.8, 4) is 11.8 Å². The molecule has 3 aromatic rings. The molecule has 1 heterocycles. The minimum atomic E-state index is -2.64. The van der Waals surface area contributed by atoms with E-state index in [1.54, 1.807) is 18.2 Å². The second-order valence-electron chi connectivity index (χ2n) is 8.84. The molecule has 0 saturated carbocycles. The quantitative estimate of drug-likeness (QED) is 0.375. The van der Waals surface area contributed by atoms with Crippen molar-refractivity contribution in [3.05, 3.63) is 95.1 Å². The molecule has 4 rings (SSSR count). The van der Waals surface area contributed by atoms with E-state index in [4.69, 9.17) is 4.99 Å². The molecule has 188 valence electrons. The van der Waals surface area contributed by atoms with Crippen LogP contribution in [0.2, 0.25) is 0 Å². The zero-order chi connectivity index (χ0) is 26.4. The third kappa shape index (κ3) is 6.66. The highest BCUT2D eigenvalue weighted by molar-refractivity contribution is 6.24. The Bertz CT molecular complexity index is 1370. The zero-order valence-corrected chi connectivity index (χ0v) is 20.5. The minimum absolute atomic E-state index is 0.221. The molecule has 2 amide bonds. The first-order valence-corrected chi connectivity index (χ1v) is 11.7. The number of amides is 2. The van der Waals surface area contributed by atoms with E-state index in [2.05, 4.69) is 22.1 Å². The highest BCUT2D eigenvalue weighted by atomic mass is 19.3. The SMILES string of the molecule is CN(C)Cc1ccc(N=C(c2ccccc2)C2C(=O)Nc3cc(C#CC(=O)NCC(F)F)ccc32)cc1. The van der Waals surface area contributed by atoms with Crippen LogP contribution in [0.3, 0.4) is 0 Å². The van der Waals surface area contributed by atoms with Gasteiger partial charge in [0.1, 0.15) is 5.92 Å². The Labute approximate surface area is 214 Å². The summed E-state index contributed by atoms with van der Waals surface area (Å²) in [5.74, 6) is 3.29. The van der Waals surface area contributed by atoms with Crippen molar-refractivity contribution in [2.24, 2.45) is 4.99 Å². The van der Waals surface area contributed by atoms with Crippen molar-refractivity contribution in [2.75, 3.05) is 26.0 Å². The van der Waals surface area contributed by atoms with E-state index in [0.717, 1.165) is 28.9 Å². The lowest BCUT2D eigenvalue weighted by Crippen LogP contribution is -2.26. The number of carbonyl (C=O) groups excluding carboxylic acids is 2. The molecular weight excluding hydrogens is 474 g/mol. The average molecular weight is 501 g/mol. The summed E-state index contributed by atoms with van der Waals surface area (Å²) >= 11 is 0. The number of carbonyl (C=O) groups is 2. The first-order valence-electron chi connectivity index (χ1n) is 11.7. The van der Waals surface area contributed by atoms with E-state index >= 15 is 0 Å². The van der Waals surface area contributed by atoms with Crippen LogP contribution in [0.5, 0.6) is 0 Å². The Kier molecular flexibility index (Phi) is 8.06. The molecule has 37 heavy (non-hydrogen) atoms. The molecule has 0 radical (unpaired) electrons. The first-order chi connectivity index (χ1) is 17.8. The van der Waals surface area contributed by atoms with Crippen molar-refractivity contribution in [3.63, 3.8) is 0 Å². The number of alkyl halides is 2. The van der Waals surface area contributed by atoms with Gasteiger partial charge in [0, 0.05) is 23.7 Å². The predicted molar refractivity (Wildman–Crippen MR) is 140 cm³/mol. The van der Waals surface area contributed by atoms with Crippen molar-refractivity contribution in [2.45, 2.75) is 18.9 Å². The second-order valence-corrected chi connectivity index (χ2v) is 8.84. The Morgan fingerprint density at radius 2 is 1.81 bits per heavy atom. The van der Waals surface area contributed by atoms with E-state index in [1.807, 2.05) is 74.0 Å². The molecule has 1 aliphatic rings. The van der Waals surface area contributed by atoms with E-state index in [1.165, 1.54) is 0 Å². The standard InChI is InChI=1S/C29H26F2N4O2/c1-35(2)18-20-8-12-22(13-9-20)33-28(21-6-4-3-5-7-21)27-23-14-10-19(16-24(23)34-29(27)37)11-15-26(36)32-17-25(30)31/h3-10,12-14,16,25,27H,17-18H2,1-2H3,(H,32,36)(H,34,37). The van der Waals surface area contributed by atoms with Gasteiger partial charge in [-0.05, 0) is 55.1 Å². The molecule has 0 saturated heterocycles. The van der Waals surface area contributed by atoms with Crippen LogP contribution < -0.4 is 10.6 Å². The van der Waals surface area contributed by atoms with Crippen LogP contribution >= 0.6 is 0 Å². The van der Waals surface area contributed by atoms with Crippen LogP contribution in [0.1, 0.15) is 28.2 Å². The van der Waals surface area contributed by atoms with Gasteiger partial charge in [-0.2, -0.15) is 0 Å². The Morgan fingerprint density at radius 1 is 1.08 bits per heavy atom. The van der Waals surface area contributed by atoms with Crippen molar-refractivity contribution in [1.29, 1.82) is 0 Å². The van der Waals surface area contributed by atoms with Crippen LogP contribution in [0.15, 0.2) is 77.8 Å². The fraction of sp³-hybridized carbons (Fsp3) is 0.207. The Hall–Kier alpha value is -4.35. The molecule has 0 aromatic heterocycles. The van der Waals surface area contributed by atoms with Crippen LogP contribution in [-0.4, -0.2) is 49.5 Å². The fourth-order valence-corrected chi connectivity index (χ4v) is 4.04. The number of hydrogen-bond acceptors (Lipinski definition) is 4. The van der Waals surface area contributed by atoms with Crippen LogP contribution in [0.4, 0.5) is 20.2 Å². The largest absolute Gasteiger partial charge is 0.340 e. The summed E-state index contributed by atoms with van der Waals surface area (Å²) in [6.45, 7) is 0.0580. The number of nitrogens with one attached hydrogen (secondary N) is 2. The van der Waals surface area contributed by atoms with Gasteiger partial charge in [-0.15, -0.1) is 0 Å². The number of rotatable bonds is 7. The smallest absolute Gasteiger partial charge is 0.296 e. The molecule has 0 spiro atoms. The maximum Gasteiger partial charge on any atom is 0.296 e. The summed E-state index contributed by atoms with van der Waals surface area (Å²) in [5.41, 5.74) is 5.12. The van der Waals surface area contributed by atoms with Crippen LogP contribution in [0, 0.1) is 11.8 Å². The van der Waals surface area contributed by atoms with E-state index in [9.17, 15) is 18.4 Å². The maximum absolute atomic E-state index is 13.2. The number of halogens is 2. The van der Waals surface area contributed by atoms with Gasteiger partial charge >= 0.3 is 0 Å². The number of anilines is 1. The monoisotopic (exact) mass is 500 g/mol. The zero-order valence-electron chi connectivity index (χ0n) is 20.5. The van der Waals surface area contributed by atoms with E-state index in [0.29, 0.717) is 17.0 Å². The molecule has 8 heteroatoms. The lowest BCUT2D eigenvalue weighted by atomic mass is 9.90. The van der Waals surface area contributed by atoms with E-state index < -0.39 is 24.8 Å². The minimum Gasteiger partial charge on any atom is -0.340 e. The summed E-state index contributed by atoms with van der Waals surface area (Å²) in [7, 11) is 4.02. The molecule has 1 aliphatic heterocycles. The van der Waals surface area contributed by atoms with Crippen LogP contribution in [0.25, 0.3) is 0 Å². The predicted octanol–water partition coefficient (Wildman–Crippen LogP) is 4.34. The number of nitrogens with zero attached hydrogens (tertiary/aromatic N) is 2. The van der Waals surface area contributed by atoms with Gasteiger partial charge in [0.2, 0.25) is 5.91 Å². The van der Waals surface area contributed by atoms with Gasteiger partial charge in [0.05, 0.1) is 17.9 Å². The number of benzene rings is 3. The third-order valence-corrected chi connectivity index (χ3v) is 5.65. The lowest BCUT2D eigenvalue weighted by Gasteiger charge is -2.14. The fourth-order valence-electron chi connectivity index (χ4n) is 4.04. The van der Waals surface area contributed by atoms with E-state index in [-0.39, 0.29) is 5.91 Å². The molecule has 0 fully saturated rings. The van der Waals surface area contributed by atoms with Crippen molar-refractivity contribution in [1.82, 2.24) is 10.2 Å². The number of fused-ring (bicyclic) bond motifs is 1. The maximum atomic E-state index is 13.2. The summed E-state index contributed by atoms with van der Waals surface area (Å²) in [6, 6.07) is 22.6. The van der Waals surface area contributed by atoms with Gasteiger partial charge in [0.25, 0.3) is 12.3 Å². The third-order valence-electron chi connectivity index (χ3n) is 5.65. The summed E-state index contributed by atoms with van der Waals surface area (Å²) in [6.07, 6.45) is -2.64. The first kappa shape index (κ1) is 25.7. The lowest BCUT2D eigenvalue weighted by molar-refractivity contribution is -0.116. The number of aliphatic imine (C=N–C) groups is 1. The molecule has 1 unspecified atom stereocenters. The molecule has 6 nitrogen and oxygen atoms in total. The normalized spacial score (nSPS) is 14.7. The Balaban J connectivity index is 1.65. The molecule has 3 aromatic carbocycles. The molecular formula is C29H26F2N4O2. The summed E-state index contributed by atoms with van der Waals surface area (Å²) < 4.78 is 24.5. The van der Waals surface area contributed by atoms with Gasteiger partial charge in [-0.3, -0.25) is 14.6 Å². The molecule has 1 atom stereocenters. The summed E-state index contributed by atoms with van der Waals surface area (Å²) in [5, 5.41) is 4.93. The van der Waals surface area contributed by atoms with Crippen LogP contribution in [-0.2, 0) is 16.1 Å². The average Bonchev–Trinajstić information content (AvgIpc) is 3.20. The summed E-state index contributed by atoms with van der Waals surface area (Å²) in [4.78, 5) is 31.8. The highest BCUT2D eigenvalue weighted by Crippen LogP contribution is 2.36. The Morgan fingerprint density at radius 3 is 2.49 bits per heavy atom. The highest BCUT2D eigenvalue weighted by Gasteiger charge is 2.35. The van der Waals surface area contributed by atoms with Gasteiger partial charge in [0.15, 0.2) is 0 Å². The molecule has 0 bridgehead atoms. The van der Waals surface area contributed by atoms with Crippen molar-refractivity contribution < 1.29 is 18.4 Å². The topological polar surface area (TPSA) is 73.8 Å². The van der Waals surface area contributed by atoms with Gasteiger partial charge in [-0.1, -0.05) is 54.5 Å². The number of hydrogen-bond donors (Lipinski definition) is 2. The molecule has 0 aliphatic carbocycles.